The molecule has 152 valence electrons. The van der Waals surface area contributed by atoms with E-state index in [1.165, 1.54) is 48.8 Å². The van der Waals surface area contributed by atoms with Crippen molar-refractivity contribution < 1.29 is 22.7 Å². The van der Waals surface area contributed by atoms with Crippen molar-refractivity contribution in [3.63, 3.8) is 0 Å². The summed E-state index contributed by atoms with van der Waals surface area (Å²) in [7, 11) is -2.35. The summed E-state index contributed by atoms with van der Waals surface area (Å²) in [6.07, 6.45) is 0.0153. The molecule has 2 N–H and O–H groups in total. The molecule has 0 aliphatic heterocycles. The summed E-state index contributed by atoms with van der Waals surface area (Å²) in [6, 6.07) is 12.4. The van der Waals surface area contributed by atoms with E-state index in [-0.39, 0.29) is 16.5 Å². The summed E-state index contributed by atoms with van der Waals surface area (Å²) in [6.45, 7) is 0. The van der Waals surface area contributed by atoms with Crippen molar-refractivity contribution in [3.05, 3.63) is 69.7 Å². The number of hydrogen-bond donors (Lipinski definition) is 2. The summed E-state index contributed by atoms with van der Waals surface area (Å²) in [4.78, 5) is 25.1. The van der Waals surface area contributed by atoms with Crippen molar-refractivity contribution in [2.45, 2.75) is 16.7 Å². The molecule has 0 fully saturated rings. The number of esters is 1. The van der Waals surface area contributed by atoms with E-state index in [2.05, 4.69) is 10.0 Å². The molecule has 0 bridgehead atoms. The third-order valence-electron chi connectivity index (χ3n) is 3.95. The van der Waals surface area contributed by atoms with Crippen LogP contribution in [0.3, 0.4) is 0 Å². The maximum Gasteiger partial charge on any atom is 0.307 e. The first-order valence-electron chi connectivity index (χ1n) is 8.46. The van der Waals surface area contributed by atoms with Crippen LogP contribution < -0.4 is 10.0 Å². The zero-order chi connectivity index (χ0) is 20.9. The highest BCUT2D eigenvalue weighted by Crippen LogP contribution is 2.24. The lowest BCUT2D eigenvalue weighted by Gasteiger charge is -2.16. The Balaban J connectivity index is 1.70. The highest BCUT2D eigenvalue weighted by atomic mass is 32.2. The van der Waals surface area contributed by atoms with Gasteiger partial charge in [-0.1, -0.05) is 12.1 Å². The Morgan fingerprint density at radius 2 is 1.72 bits per heavy atom. The van der Waals surface area contributed by atoms with E-state index in [0.717, 1.165) is 16.2 Å². The van der Waals surface area contributed by atoms with Gasteiger partial charge in [-0.2, -0.15) is 0 Å². The summed E-state index contributed by atoms with van der Waals surface area (Å²) in [5, 5.41) is 6.37. The van der Waals surface area contributed by atoms with Crippen LogP contribution in [0.5, 0.6) is 0 Å². The summed E-state index contributed by atoms with van der Waals surface area (Å²) >= 11 is 2.55. The predicted molar refractivity (Wildman–Crippen MR) is 113 cm³/mol. The van der Waals surface area contributed by atoms with Gasteiger partial charge in [0.1, 0.15) is 4.21 Å². The fourth-order valence-electron chi connectivity index (χ4n) is 2.52. The Bertz CT molecular complexity index is 1060. The third kappa shape index (κ3) is 5.43. The number of hydrogen-bond acceptors (Lipinski definition) is 7. The Morgan fingerprint density at radius 3 is 2.31 bits per heavy atom. The van der Waals surface area contributed by atoms with Crippen LogP contribution in [0.4, 0.5) is 5.69 Å². The van der Waals surface area contributed by atoms with Gasteiger partial charge in [-0.3, -0.25) is 14.3 Å². The van der Waals surface area contributed by atoms with Gasteiger partial charge in [0, 0.05) is 16.1 Å². The molecule has 0 saturated carbocycles. The molecule has 3 aromatic rings. The fraction of sp³-hybridized carbons (Fsp3) is 0.158. The minimum Gasteiger partial charge on any atom is -0.469 e. The van der Waals surface area contributed by atoms with Gasteiger partial charge in [0.2, 0.25) is 0 Å². The number of carbonyl (C=O) groups excluding carboxylic acids is 2. The quantitative estimate of drug-likeness (QED) is 0.510. The molecule has 2 heterocycles. The van der Waals surface area contributed by atoms with Gasteiger partial charge in [0.05, 0.1) is 19.6 Å². The van der Waals surface area contributed by atoms with E-state index in [1.807, 2.05) is 17.5 Å². The Labute approximate surface area is 176 Å². The molecule has 1 atom stereocenters. The number of anilines is 1. The van der Waals surface area contributed by atoms with Crippen molar-refractivity contribution in [1.29, 1.82) is 0 Å². The number of nitrogens with one attached hydrogen (secondary N) is 2. The molecular formula is C19H18N2O5S3. The Hall–Kier alpha value is -2.69. The summed E-state index contributed by atoms with van der Waals surface area (Å²) < 4.78 is 31.9. The van der Waals surface area contributed by atoms with Gasteiger partial charge in [0.25, 0.3) is 15.9 Å². The summed E-state index contributed by atoms with van der Waals surface area (Å²) in [5.74, 6) is -0.804. The standard InChI is InChI=1S/C19H18N2O5S3/c1-26-17(22)12-15(16-4-2-10-27-16)20-19(23)13-6-8-14(9-7-13)21-29(24,25)18-5-3-11-28-18/h2-11,15,21H,12H2,1H3,(H,20,23)/t15-/m1/s1. The van der Waals surface area contributed by atoms with Crippen LogP contribution in [-0.4, -0.2) is 27.4 Å². The first-order valence-corrected chi connectivity index (χ1v) is 11.7. The number of carbonyl (C=O) groups is 2. The van der Waals surface area contributed by atoms with Crippen LogP contribution in [0.15, 0.2) is 63.5 Å². The summed E-state index contributed by atoms with van der Waals surface area (Å²) in [5.41, 5.74) is 0.690. The second-order valence-electron chi connectivity index (χ2n) is 5.94. The highest BCUT2D eigenvalue weighted by molar-refractivity contribution is 7.94. The zero-order valence-corrected chi connectivity index (χ0v) is 17.8. The molecule has 7 nitrogen and oxygen atoms in total. The molecule has 2 aromatic heterocycles. The van der Waals surface area contributed by atoms with Gasteiger partial charge in [0.15, 0.2) is 0 Å². The number of thiophene rings is 2. The lowest BCUT2D eigenvalue weighted by atomic mass is 10.1. The van der Waals surface area contributed by atoms with Crippen molar-refractivity contribution in [1.82, 2.24) is 5.32 Å². The van der Waals surface area contributed by atoms with Crippen molar-refractivity contribution in [3.8, 4) is 0 Å². The minimum atomic E-state index is -3.65. The van der Waals surface area contributed by atoms with E-state index in [9.17, 15) is 18.0 Å². The van der Waals surface area contributed by atoms with Crippen LogP contribution in [-0.2, 0) is 19.6 Å². The van der Waals surface area contributed by atoms with Crippen molar-refractivity contribution in [2.24, 2.45) is 0 Å². The Morgan fingerprint density at radius 1 is 1.03 bits per heavy atom. The second-order valence-corrected chi connectivity index (χ2v) is 9.77. The predicted octanol–water partition coefficient (Wildman–Crippen LogP) is 3.64. The van der Waals surface area contributed by atoms with E-state index < -0.39 is 22.0 Å². The molecule has 3 rings (SSSR count). The largest absolute Gasteiger partial charge is 0.469 e. The number of rotatable bonds is 8. The van der Waals surface area contributed by atoms with E-state index in [0.29, 0.717) is 11.3 Å². The second kappa shape index (κ2) is 9.21. The van der Waals surface area contributed by atoms with Gasteiger partial charge in [-0.15, -0.1) is 22.7 Å². The molecule has 0 aliphatic rings. The van der Waals surface area contributed by atoms with Gasteiger partial charge < -0.3 is 10.1 Å². The molecule has 0 spiro atoms. The average molecular weight is 451 g/mol. The molecular weight excluding hydrogens is 432 g/mol. The average Bonchev–Trinajstić information content (AvgIpc) is 3.41. The van der Waals surface area contributed by atoms with Crippen LogP contribution >= 0.6 is 22.7 Å². The molecule has 0 unspecified atom stereocenters. The molecule has 10 heteroatoms. The highest BCUT2D eigenvalue weighted by Gasteiger charge is 2.21. The number of benzene rings is 1. The Kier molecular flexibility index (Phi) is 6.68. The van der Waals surface area contributed by atoms with Crippen molar-refractivity contribution in [2.75, 3.05) is 11.8 Å². The lowest BCUT2D eigenvalue weighted by Crippen LogP contribution is -2.30. The van der Waals surface area contributed by atoms with Gasteiger partial charge in [-0.05, 0) is 47.2 Å². The lowest BCUT2D eigenvalue weighted by molar-refractivity contribution is -0.141. The van der Waals surface area contributed by atoms with E-state index in [4.69, 9.17) is 4.74 Å². The third-order valence-corrected chi connectivity index (χ3v) is 7.71. The molecule has 0 saturated heterocycles. The van der Waals surface area contributed by atoms with Crippen LogP contribution in [0.25, 0.3) is 0 Å². The van der Waals surface area contributed by atoms with E-state index >= 15 is 0 Å². The first kappa shape index (κ1) is 21.0. The SMILES string of the molecule is COC(=O)C[C@@H](NC(=O)c1ccc(NS(=O)(=O)c2cccs2)cc1)c1cccs1. The van der Waals surface area contributed by atoms with Gasteiger partial charge >= 0.3 is 5.97 Å². The smallest absolute Gasteiger partial charge is 0.307 e. The number of amides is 1. The monoisotopic (exact) mass is 450 g/mol. The van der Waals surface area contributed by atoms with E-state index in [1.54, 1.807) is 11.4 Å². The van der Waals surface area contributed by atoms with Gasteiger partial charge in [-0.25, -0.2) is 8.42 Å². The first-order chi connectivity index (χ1) is 13.9. The molecule has 29 heavy (non-hydrogen) atoms. The molecule has 1 amide bonds. The normalized spacial score (nSPS) is 12.2. The van der Waals surface area contributed by atoms with Crippen LogP contribution in [0.1, 0.15) is 27.7 Å². The van der Waals surface area contributed by atoms with Crippen LogP contribution in [0.2, 0.25) is 0 Å². The fourth-order valence-corrected chi connectivity index (χ4v) is 5.34. The molecule has 0 radical (unpaired) electrons. The molecule has 0 aliphatic carbocycles. The zero-order valence-electron chi connectivity index (χ0n) is 15.3. The number of ether oxygens (including phenoxy) is 1. The van der Waals surface area contributed by atoms with Crippen molar-refractivity contribution >= 4 is 50.3 Å². The minimum absolute atomic E-state index is 0.0153. The maximum atomic E-state index is 12.6. The maximum absolute atomic E-state index is 12.6. The topological polar surface area (TPSA) is 102 Å². The molecule has 1 aromatic carbocycles. The van der Waals surface area contributed by atoms with Crippen LogP contribution in [0, 0.1) is 0 Å². The number of sulfonamides is 1. The number of methoxy groups -OCH3 is 1.